The van der Waals surface area contributed by atoms with Crippen LogP contribution in [0.25, 0.3) is 16.9 Å². The zero-order valence-corrected chi connectivity index (χ0v) is 23.3. The molecule has 212 valence electrons. The highest BCUT2D eigenvalue weighted by molar-refractivity contribution is 7.88. The van der Waals surface area contributed by atoms with Gasteiger partial charge in [0.05, 0.1) is 58.3 Å². The van der Waals surface area contributed by atoms with Crippen LogP contribution in [0.15, 0.2) is 36.7 Å². The summed E-state index contributed by atoms with van der Waals surface area (Å²) in [5.74, 6) is -0.0947. The molecule has 4 atom stereocenters. The minimum Gasteiger partial charge on any atom is -0.387 e. The molecule has 5 rings (SSSR count). The van der Waals surface area contributed by atoms with Crippen LogP contribution in [-0.4, -0.2) is 82.0 Å². The maximum Gasteiger partial charge on any atom is 0.255 e. The second-order valence-electron chi connectivity index (χ2n) is 11.3. The van der Waals surface area contributed by atoms with Crippen molar-refractivity contribution in [1.82, 2.24) is 24.2 Å². The number of carbonyl (C=O) groups is 1. The molecule has 1 saturated carbocycles. The van der Waals surface area contributed by atoms with Gasteiger partial charge in [0.15, 0.2) is 0 Å². The van der Waals surface area contributed by atoms with Crippen molar-refractivity contribution in [3.63, 3.8) is 0 Å². The predicted molar refractivity (Wildman–Crippen MR) is 147 cm³/mol. The summed E-state index contributed by atoms with van der Waals surface area (Å²) in [6.45, 7) is 3.28. The number of aromatic nitrogens is 3. The first-order valence-electron chi connectivity index (χ1n) is 13.1. The van der Waals surface area contributed by atoms with Gasteiger partial charge in [0.25, 0.3) is 5.91 Å². The summed E-state index contributed by atoms with van der Waals surface area (Å²) < 4.78 is 41.5. The average molecular weight is 570 g/mol. The number of pyridine rings is 1. The van der Waals surface area contributed by atoms with Crippen LogP contribution in [0.2, 0.25) is 0 Å². The van der Waals surface area contributed by atoms with E-state index in [4.69, 9.17) is 0 Å². The van der Waals surface area contributed by atoms with E-state index in [1.807, 2.05) is 12.1 Å². The Kier molecular flexibility index (Phi) is 7.28. The number of nitrogens with zero attached hydrogens (tertiary/aromatic N) is 5. The van der Waals surface area contributed by atoms with Crippen LogP contribution < -0.4 is 10.6 Å². The zero-order valence-electron chi connectivity index (χ0n) is 22.5. The molecule has 1 amide bonds. The van der Waals surface area contributed by atoms with E-state index in [2.05, 4.69) is 26.8 Å². The highest BCUT2D eigenvalue weighted by Crippen LogP contribution is 2.40. The van der Waals surface area contributed by atoms with Gasteiger partial charge in [-0.3, -0.25) is 9.78 Å². The van der Waals surface area contributed by atoms with Gasteiger partial charge in [-0.2, -0.15) is 10.4 Å². The third kappa shape index (κ3) is 5.65. The molecule has 0 bridgehead atoms. The number of aliphatic hydroxyl groups is 1. The minimum absolute atomic E-state index is 0.00387. The van der Waals surface area contributed by atoms with E-state index in [1.165, 1.54) is 36.8 Å². The van der Waals surface area contributed by atoms with Gasteiger partial charge in [-0.1, -0.05) is 0 Å². The van der Waals surface area contributed by atoms with Crippen molar-refractivity contribution in [3.8, 4) is 17.5 Å². The van der Waals surface area contributed by atoms with Crippen LogP contribution >= 0.6 is 0 Å². The fraction of sp³-hybridized carbons (Fsp3) is 0.481. The van der Waals surface area contributed by atoms with Crippen molar-refractivity contribution in [2.75, 3.05) is 31.2 Å². The molecule has 3 aromatic heterocycles. The zero-order chi connectivity index (χ0) is 28.8. The van der Waals surface area contributed by atoms with E-state index in [0.717, 1.165) is 12.8 Å². The summed E-state index contributed by atoms with van der Waals surface area (Å²) in [5, 5.41) is 29.5. The number of halogens is 1. The van der Waals surface area contributed by atoms with Crippen molar-refractivity contribution in [3.05, 3.63) is 47.8 Å². The number of hydrogen-bond donors (Lipinski definition) is 3. The van der Waals surface area contributed by atoms with Gasteiger partial charge in [-0.15, -0.1) is 0 Å². The Balaban J connectivity index is 1.42. The van der Waals surface area contributed by atoms with Gasteiger partial charge in [-0.05, 0) is 62.8 Å². The van der Waals surface area contributed by atoms with Gasteiger partial charge >= 0.3 is 0 Å². The van der Waals surface area contributed by atoms with Crippen molar-refractivity contribution in [2.45, 2.75) is 44.5 Å². The molecule has 2 fully saturated rings. The number of alkyl halides is 1. The maximum atomic E-state index is 14.3. The molecule has 0 radical (unpaired) electrons. The summed E-state index contributed by atoms with van der Waals surface area (Å²) in [4.78, 5) is 17.6. The lowest BCUT2D eigenvalue weighted by Gasteiger charge is -2.23. The summed E-state index contributed by atoms with van der Waals surface area (Å²) >= 11 is 0. The molecule has 2 aliphatic rings. The Bertz CT molecular complexity index is 1580. The van der Waals surface area contributed by atoms with Crippen LogP contribution in [0.1, 0.15) is 42.6 Å². The van der Waals surface area contributed by atoms with Crippen molar-refractivity contribution >= 4 is 27.1 Å². The Morgan fingerprint density at radius 2 is 1.95 bits per heavy atom. The number of fused-ring (bicyclic) bond motifs is 2. The van der Waals surface area contributed by atoms with E-state index in [9.17, 15) is 28.0 Å². The molecule has 0 spiro atoms. The summed E-state index contributed by atoms with van der Waals surface area (Å²) in [5.41, 5.74) is 1.47. The smallest absolute Gasteiger partial charge is 0.255 e. The normalized spacial score (nSPS) is 22.1. The second kappa shape index (κ2) is 10.4. The largest absolute Gasteiger partial charge is 0.387 e. The van der Waals surface area contributed by atoms with Crippen molar-refractivity contribution in [1.29, 1.82) is 5.26 Å². The predicted octanol–water partition coefficient (Wildman–Crippen LogP) is 2.19. The molecule has 1 saturated heterocycles. The lowest BCUT2D eigenvalue weighted by atomic mass is 10.0. The number of hydrogen-bond acceptors (Lipinski definition) is 8. The van der Waals surface area contributed by atoms with Gasteiger partial charge < -0.3 is 15.7 Å². The highest BCUT2D eigenvalue weighted by atomic mass is 32.2. The molecule has 1 aliphatic heterocycles. The van der Waals surface area contributed by atoms with Crippen LogP contribution in [0.3, 0.4) is 0 Å². The lowest BCUT2D eigenvalue weighted by molar-refractivity contribution is -0.00177. The van der Waals surface area contributed by atoms with E-state index < -0.39 is 27.7 Å². The number of anilines is 1. The average Bonchev–Trinajstić information content (AvgIpc) is 3.59. The lowest BCUT2D eigenvalue weighted by Crippen LogP contribution is -2.42. The van der Waals surface area contributed by atoms with E-state index in [0.29, 0.717) is 41.2 Å². The first-order chi connectivity index (χ1) is 18.8. The van der Waals surface area contributed by atoms with Gasteiger partial charge in [0, 0.05) is 25.3 Å². The molecule has 0 unspecified atom stereocenters. The van der Waals surface area contributed by atoms with E-state index in [1.54, 1.807) is 16.6 Å². The molecule has 0 aromatic carbocycles. The molecule has 40 heavy (non-hydrogen) atoms. The van der Waals surface area contributed by atoms with E-state index >= 15 is 0 Å². The van der Waals surface area contributed by atoms with Crippen molar-refractivity contribution < 1.29 is 22.7 Å². The summed E-state index contributed by atoms with van der Waals surface area (Å²) in [7, 11) is -3.24. The number of nitrogens with one attached hydrogen (secondary N) is 2. The second-order valence-corrected chi connectivity index (χ2v) is 13.3. The molecular formula is C27H32FN7O4S. The molecule has 3 aromatic rings. The van der Waals surface area contributed by atoms with Gasteiger partial charge in [0.1, 0.15) is 12.2 Å². The number of amides is 1. The third-order valence-corrected chi connectivity index (χ3v) is 9.03. The number of rotatable bonds is 8. The number of carbonyl (C=O) groups excluding carboxylic acids is 1. The molecule has 4 heterocycles. The Labute approximate surface area is 232 Å². The highest BCUT2D eigenvalue weighted by Gasteiger charge is 2.43. The first kappa shape index (κ1) is 27.9. The van der Waals surface area contributed by atoms with Gasteiger partial charge in [-0.25, -0.2) is 21.6 Å². The maximum absolute atomic E-state index is 14.3. The number of sulfonamides is 1. The minimum atomic E-state index is -3.24. The molecule has 1 aliphatic carbocycles. The monoisotopic (exact) mass is 569 g/mol. The van der Waals surface area contributed by atoms with Crippen LogP contribution in [0.5, 0.6) is 0 Å². The van der Waals surface area contributed by atoms with Crippen LogP contribution in [0.4, 0.5) is 10.1 Å². The molecule has 11 nitrogen and oxygen atoms in total. The van der Waals surface area contributed by atoms with Crippen molar-refractivity contribution in [2.24, 2.45) is 11.8 Å². The topological polar surface area (TPSA) is 153 Å². The molecule has 13 heteroatoms. The van der Waals surface area contributed by atoms with Crippen LogP contribution in [-0.2, 0) is 10.0 Å². The fourth-order valence-electron chi connectivity index (χ4n) is 5.54. The van der Waals surface area contributed by atoms with Crippen LogP contribution in [0, 0.1) is 23.2 Å². The summed E-state index contributed by atoms with van der Waals surface area (Å²) in [6.07, 6.45) is 3.94. The molecular weight excluding hydrogens is 537 g/mol. The molecule has 3 N–H and O–H groups in total. The van der Waals surface area contributed by atoms with Gasteiger partial charge in [0.2, 0.25) is 10.0 Å². The summed E-state index contributed by atoms with van der Waals surface area (Å²) in [6, 6.07) is 9.18. The third-order valence-electron chi connectivity index (χ3n) is 7.80. The van der Waals surface area contributed by atoms with E-state index in [-0.39, 0.29) is 30.0 Å². The number of nitriles is 1. The Hall–Kier alpha value is -3.60. The first-order valence-corrected chi connectivity index (χ1v) is 14.9. The SMILES string of the molecule is CC(C)(O)[C@H](F)CNC(=O)c1cnc(-c2ccc3cc(C#N)cnn23)cc1N[C@H]1C[C@@H]2CN(S(C)(=O)=O)C[C@@H]2C1. The standard InChI is InChI=1S/C27H32FN7O4S/c1-27(2,37)25(28)13-31-26(36)21-12-30-23(24-5-4-20-6-16(10-29)11-32-35(20)24)9-22(21)33-19-7-17-14-34(40(3,38)39)15-18(17)8-19/h4-6,9,11-12,17-19,25,37H,7-8,13-15H2,1-3H3,(H,30,33)(H,31,36)/t17-,18+,19+,25-/m1/s1. The fourth-order valence-corrected chi connectivity index (χ4v) is 6.47. The Morgan fingerprint density at radius 1 is 1.25 bits per heavy atom. The quantitative estimate of drug-likeness (QED) is 0.373. The Morgan fingerprint density at radius 3 is 2.58 bits per heavy atom.